The molecular weight excluding hydrogens is 255 g/mol. The molecule has 86 valence electrons. The van der Waals surface area contributed by atoms with Gasteiger partial charge in [0.15, 0.2) is 0 Å². The fourth-order valence-corrected chi connectivity index (χ4v) is 9.40. The molecule has 0 heterocycles. The molecular formula is C12H26BrP. The quantitative estimate of drug-likeness (QED) is 0.479. The summed E-state index contributed by atoms with van der Waals surface area (Å²) in [5.74, 6) is 0. The Bertz CT molecular complexity index is 169. The number of hydrogen-bond acceptors (Lipinski definition) is 0. The van der Waals surface area contributed by atoms with Crippen molar-refractivity contribution in [3.63, 3.8) is 0 Å². The van der Waals surface area contributed by atoms with Crippen LogP contribution in [0.2, 0.25) is 0 Å². The van der Waals surface area contributed by atoms with Crippen molar-refractivity contribution in [2.75, 3.05) is 5.33 Å². The number of alkyl halides is 1. The molecule has 0 aromatic rings. The lowest BCUT2D eigenvalue weighted by molar-refractivity contribution is 0.649. The molecule has 0 radical (unpaired) electrons. The first-order valence-corrected chi connectivity index (χ1v) is 7.75. The van der Waals surface area contributed by atoms with Crippen molar-refractivity contribution in [3.05, 3.63) is 0 Å². The molecule has 2 heteroatoms. The minimum atomic E-state index is -0.0330. The first kappa shape index (κ1) is 14.9. The van der Waals surface area contributed by atoms with Crippen molar-refractivity contribution in [3.8, 4) is 0 Å². The largest absolute Gasteiger partial charge is 0.0918 e. The molecule has 0 saturated heterocycles. The lowest BCUT2D eigenvalue weighted by atomic mass is 10.2. The summed E-state index contributed by atoms with van der Waals surface area (Å²) >= 11 is 3.67. The Balaban J connectivity index is 5.14. The predicted octanol–water partition coefficient (Wildman–Crippen LogP) is 5.24. The van der Waals surface area contributed by atoms with E-state index < -0.39 is 0 Å². The normalized spacial score (nSPS) is 15.0. The zero-order valence-electron chi connectivity index (χ0n) is 11.0. The van der Waals surface area contributed by atoms with Gasteiger partial charge in [-0.15, -0.1) is 0 Å². The summed E-state index contributed by atoms with van der Waals surface area (Å²) in [6.07, 6.45) is 0. The molecule has 0 unspecified atom stereocenters. The lowest BCUT2D eigenvalue weighted by Gasteiger charge is -2.50. The zero-order chi connectivity index (χ0) is 11.8. The van der Waals surface area contributed by atoms with Gasteiger partial charge in [0.05, 0.1) is 0 Å². The number of halogens is 1. The molecule has 0 nitrogen and oxygen atoms in total. The van der Waals surface area contributed by atoms with Crippen LogP contribution in [0.25, 0.3) is 0 Å². The third-order valence-corrected chi connectivity index (χ3v) is 8.16. The van der Waals surface area contributed by atoms with Crippen LogP contribution in [0.4, 0.5) is 0 Å². The average molecular weight is 281 g/mol. The van der Waals surface area contributed by atoms with E-state index in [-0.39, 0.29) is 7.92 Å². The highest BCUT2D eigenvalue weighted by Crippen LogP contribution is 2.67. The Labute approximate surface area is 100 Å². The Morgan fingerprint density at radius 1 is 0.786 bits per heavy atom. The van der Waals surface area contributed by atoms with Gasteiger partial charge in [-0.1, -0.05) is 79.2 Å². The predicted molar refractivity (Wildman–Crippen MR) is 74.3 cm³/mol. The van der Waals surface area contributed by atoms with Crippen LogP contribution in [0.5, 0.6) is 0 Å². The summed E-state index contributed by atoms with van der Waals surface area (Å²) in [5, 5.41) is 2.35. The Morgan fingerprint density at radius 3 is 1.14 bits per heavy atom. The molecule has 0 spiro atoms. The van der Waals surface area contributed by atoms with Gasteiger partial charge in [-0.05, 0) is 15.5 Å². The van der Waals surface area contributed by atoms with Crippen molar-refractivity contribution in [1.29, 1.82) is 0 Å². The molecule has 0 atom stereocenters. The highest BCUT2D eigenvalue weighted by atomic mass is 79.9. The van der Waals surface area contributed by atoms with Gasteiger partial charge in [0.1, 0.15) is 0 Å². The molecule has 0 aromatic heterocycles. The maximum atomic E-state index is 3.67. The molecule has 0 amide bonds. The highest BCUT2D eigenvalue weighted by molar-refractivity contribution is 9.09. The van der Waals surface area contributed by atoms with Gasteiger partial charge >= 0.3 is 0 Å². The third kappa shape index (κ3) is 3.81. The van der Waals surface area contributed by atoms with Crippen LogP contribution < -0.4 is 0 Å². The van der Waals surface area contributed by atoms with E-state index in [2.05, 4.69) is 71.3 Å². The van der Waals surface area contributed by atoms with Crippen LogP contribution in [0.3, 0.4) is 0 Å². The molecule has 0 rings (SSSR count). The standard InChI is InChI=1S/C12H26BrP/c1-10(2,3)14(11(4,5)6)12(7,8)9-13/h9H2,1-8H3. The second-order valence-corrected chi connectivity index (χ2v) is 11.7. The van der Waals surface area contributed by atoms with E-state index in [0.29, 0.717) is 15.5 Å². The number of hydrogen-bond donors (Lipinski definition) is 0. The molecule has 0 N–H and O–H groups in total. The van der Waals surface area contributed by atoms with Gasteiger partial charge in [0, 0.05) is 5.33 Å². The van der Waals surface area contributed by atoms with Crippen molar-refractivity contribution >= 4 is 23.9 Å². The third-order valence-electron chi connectivity index (χ3n) is 2.27. The minimum Gasteiger partial charge on any atom is -0.0918 e. The van der Waals surface area contributed by atoms with Gasteiger partial charge in [0.25, 0.3) is 0 Å². The van der Waals surface area contributed by atoms with E-state index in [4.69, 9.17) is 0 Å². The second kappa shape index (κ2) is 4.42. The summed E-state index contributed by atoms with van der Waals surface area (Å²) in [4.78, 5) is 0. The average Bonchev–Trinajstić information content (AvgIpc) is 1.79. The minimum absolute atomic E-state index is 0.0330. The SMILES string of the molecule is CC(C)(C)P(C(C)(C)C)C(C)(C)CBr. The molecule has 0 saturated carbocycles. The molecule has 0 aliphatic rings. The molecule has 0 bridgehead atoms. The second-order valence-electron chi connectivity index (χ2n) is 6.62. The topological polar surface area (TPSA) is 0 Å². The first-order chi connectivity index (χ1) is 5.93. The maximum absolute atomic E-state index is 3.67. The first-order valence-electron chi connectivity index (χ1n) is 5.29. The van der Waals surface area contributed by atoms with E-state index >= 15 is 0 Å². The van der Waals surface area contributed by atoms with E-state index in [1.165, 1.54) is 0 Å². The van der Waals surface area contributed by atoms with Gasteiger partial charge in [-0.2, -0.15) is 0 Å². The highest BCUT2D eigenvalue weighted by Gasteiger charge is 2.43. The van der Waals surface area contributed by atoms with E-state index in [0.717, 1.165) is 5.33 Å². The summed E-state index contributed by atoms with van der Waals surface area (Å²) in [7, 11) is -0.0330. The summed E-state index contributed by atoms with van der Waals surface area (Å²) in [6.45, 7) is 19.1. The van der Waals surface area contributed by atoms with Crippen LogP contribution in [-0.4, -0.2) is 20.8 Å². The molecule has 0 fully saturated rings. The van der Waals surface area contributed by atoms with E-state index in [9.17, 15) is 0 Å². The Kier molecular flexibility index (Phi) is 4.70. The summed E-state index contributed by atoms with van der Waals surface area (Å²) < 4.78 is 0. The Morgan fingerprint density at radius 2 is 1.07 bits per heavy atom. The molecule has 0 aromatic carbocycles. The fourth-order valence-electron chi connectivity index (χ4n) is 2.88. The molecule has 0 aliphatic heterocycles. The smallest absolute Gasteiger partial charge is 0.0122 e. The van der Waals surface area contributed by atoms with E-state index in [1.807, 2.05) is 0 Å². The maximum Gasteiger partial charge on any atom is 0.0122 e. The van der Waals surface area contributed by atoms with Crippen LogP contribution in [0, 0.1) is 0 Å². The van der Waals surface area contributed by atoms with Crippen LogP contribution in [0.15, 0.2) is 0 Å². The van der Waals surface area contributed by atoms with Crippen molar-refractivity contribution in [2.24, 2.45) is 0 Å². The Hall–Kier alpha value is 0.910. The van der Waals surface area contributed by atoms with Crippen molar-refractivity contribution in [2.45, 2.75) is 70.9 Å². The van der Waals surface area contributed by atoms with Crippen LogP contribution in [-0.2, 0) is 0 Å². The molecule has 14 heavy (non-hydrogen) atoms. The fraction of sp³-hybridized carbons (Fsp3) is 1.00. The van der Waals surface area contributed by atoms with Gasteiger partial charge in [-0.25, -0.2) is 0 Å². The van der Waals surface area contributed by atoms with Crippen molar-refractivity contribution < 1.29 is 0 Å². The summed E-state index contributed by atoms with van der Waals surface area (Å²) in [6, 6.07) is 0. The van der Waals surface area contributed by atoms with E-state index in [1.54, 1.807) is 0 Å². The van der Waals surface area contributed by atoms with Gasteiger partial charge in [0.2, 0.25) is 0 Å². The van der Waals surface area contributed by atoms with Gasteiger partial charge in [-0.3, -0.25) is 0 Å². The van der Waals surface area contributed by atoms with Gasteiger partial charge < -0.3 is 0 Å². The van der Waals surface area contributed by atoms with Crippen LogP contribution >= 0.6 is 23.9 Å². The summed E-state index contributed by atoms with van der Waals surface area (Å²) in [5.41, 5.74) is 0. The van der Waals surface area contributed by atoms with Crippen molar-refractivity contribution in [1.82, 2.24) is 0 Å². The monoisotopic (exact) mass is 280 g/mol. The zero-order valence-corrected chi connectivity index (χ0v) is 13.5. The molecule has 0 aliphatic carbocycles. The lowest BCUT2D eigenvalue weighted by Crippen LogP contribution is -2.37. The van der Waals surface area contributed by atoms with Crippen LogP contribution in [0.1, 0.15) is 55.4 Å². The number of rotatable bonds is 2.